The van der Waals surface area contributed by atoms with Crippen molar-refractivity contribution < 1.29 is 8.42 Å². The van der Waals surface area contributed by atoms with Crippen LogP contribution in [0.25, 0.3) is 0 Å². The lowest BCUT2D eigenvalue weighted by Crippen LogP contribution is -2.46. The van der Waals surface area contributed by atoms with E-state index >= 15 is 0 Å². The van der Waals surface area contributed by atoms with Crippen LogP contribution in [0.15, 0.2) is 24.3 Å². The predicted octanol–water partition coefficient (Wildman–Crippen LogP) is 0.151. The van der Waals surface area contributed by atoms with Crippen molar-refractivity contribution in [1.82, 2.24) is 14.9 Å². The van der Waals surface area contributed by atoms with Gasteiger partial charge in [0.25, 0.3) is 0 Å². The van der Waals surface area contributed by atoms with Gasteiger partial charge < -0.3 is 5.32 Å². The highest BCUT2D eigenvalue weighted by Crippen LogP contribution is 2.34. The highest BCUT2D eigenvalue weighted by Gasteiger charge is 2.26. The SMILES string of the molecule is O=S(=O)(CCN1CCNCC1)NCC1Cc2ccccc21. The van der Waals surface area contributed by atoms with E-state index in [4.69, 9.17) is 0 Å². The van der Waals surface area contributed by atoms with Gasteiger partial charge in [0, 0.05) is 45.2 Å². The number of nitrogens with one attached hydrogen (secondary N) is 2. The summed E-state index contributed by atoms with van der Waals surface area (Å²) in [5.41, 5.74) is 2.64. The zero-order chi connectivity index (χ0) is 14.7. The van der Waals surface area contributed by atoms with Crippen molar-refractivity contribution >= 4 is 10.0 Å². The number of hydrogen-bond donors (Lipinski definition) is 2. The first kappa shape index (κ1) is 15.0. The molecule has 21 heavy (non-hydrogen) atoms. The van der Waals surface area contributed by atoms with E-state index in [1.807, 2.05) is 12.1 Å². The molecular weight excluding hydrogens is 286 g/mol. The molecule has 0 amide bonds. The molecule has 5 nitrogen and oxygen atoms in total. The molecule has 1 aromatic rings. The number of hydrogen-bond acceptors (Lipinski definition) is 4. The summed E-state index contributed by atoms with van der Waals surface area (Å²) < 4.78 is 26.9. The van der Waals surface area contributed by atoms with Crippen LogP contribution in [-0.2, 0) is 16.4 Å². The Labute approximate surface area is 126 Å². The standard InChI is InChI=1S/C15H23N3O2S/c19-21(20,10-9-18-7-5-16-6-8-18)17-12-14-11-13-3-1-2-4-15(13)14/h1-4,14,16-17H,5-12H2. The topological polar surface area (TPSA) is 61.4 Å². The fourth-order valence-electron chi connectivity index (χ4n) is 3.03. The Morgan fingerprint density at radius 3 is 2.76 bits per heavy atom. The van der Waals surface area contributed by atoms with E-state index in [0.717, 1.165) is 32.6 Å². The molecule has 116 valence electrons. The highest BCUT2D eigenvalue weighted by molar-refractivity contribution is 7.89. The molecule has 2 N–H and O–H groups in total. The van der Waals surface area contributed by atoms with Crippen molar-refractivity contribution in [2.24, 2.45) is 0 Å². The first-order valence-corrected chi connectivity index (χ1v) is 9.27. The predicted molar refractivity (Wildman–Crippen MR) is 84.0 cm³/mol. The fraction of sp³-hybridized carbons (Fsp3) is 0.600. The minimum atomic E-state index is -3.17. The lowest BCUT2D eigenvalue weighted by atomic mass is 9.78. The molecule has 0 bridgehead atoms. The van der Waals surface area contributed by atoms with E-state index in [1.165, 1.54) is 11.1 Å². The Balaban J connectivity index is 1.44. The van der Waals surface area contributed by atoms with Crippen molar-refractivity contribution in [3.05, 3.63) is 35.4 Å². The van der Waals surface area contributed by atoms with Crippen molar-refractivity contribution in [2.45, 2.75) is 12.3 Å². The third kappa shape index (κ3) is 3.83. The molecule has 1 aliphatic carbocycles. The molecule has 1 atom stereocenters. The summed E-state index contributed by atoms with van der Waals surface area (Å²) in [6, 6.07) is 8.26. The van der Waals surface area contributed by atoms with Gasteiger partial charge >= 0.3 is 0 Å². The van der Waals surface area contributed by atoms with Crippen molar-refractivity contribution in [3.63, 3.8) is 0 Å². The number of piperazine rings is 1. The number of benzene rings is 1. The number of fused-ring (bicyclic) bond motifs is 1. The Morgan fingerprint density at radius 2 is 2.00 bits per heavy atom. The Kier molecular flexibility index (Phi) is 4.59. The lowest BCUT2D eigenvalue weighted by molar-refractivity contribution is 0.253. The summed E-state index contributed by atoms with van der Waals surface area (Å²) in [4.78, 5) is 2.20. The van der Waals surface area contributed by atoms with Gasteiger partial charge in [-0.3, -0.25) is 4.90 Å². The molecular formula is C15H23N3O2S. The van der Waals surface area contributed by atoms with Gasteiger partial charge in [-0.15, -0.1) is 0 Å². The van der Waals surface area contributed by atoms with Gasteiger partial charge in [-0.25, -0.2) is 13.1 Å². The second-order valence-corrected chi connectivity index (χ2v) is 7.79. The molecule has 2 aliphatic rings. The second kappa shape index (κ2) is 6.44. The third-order valence-corrected chi connectivity index (χ3v) is 5.72. The summed E-state index contributed by atoms with van der Waals surface area (Å²) in [6.45, 7) is 4.93. The van der Waals surface area contributed by atoms with Crippen LogP contribution in [0, 0.1) is 0 Å². The molecule has 6 heteroatoms. The maximum absolute atomic E-state index is 12.1. The van der Waals surface area contributed by atoms with Crippen molar-refractivity contribution in [1.29, 1.82) is 0 Å². The van der Waals surface area contributed by atoms with Crippen molar-refractivity contribution in [3.8, 4) is 0 Å². The molecule has 0 radical (unpaired) electrons. The Hall–Kier alpha value is -0.950. The largest absolute Gasteiger partial charge is 0.314 e. The summed E-state index contributed by atoms with van der Waals surface area (Å²) >= 11 is 0. The van der Waals surface area contributed by atoms with Gasteiger partial charge in [0.15, 0.2) is 0 Å². The molecule has 1 heterocycles. The number of sulfonamides is 1. The summed E-state index contributed by atoms with van der Waals surface area (Å²) in [5.74, 6) is 0.539. The molecule has 1 aliphatic heterocycles. The van der Waals surface area contributed by atoms with Gasteiger partial charge in [-0.2, -0.15) is 0 Å². The number of rotatable bonds is 6. The van der Waals surface area contributed by atoms with E-state index in [-0.39, 0.29) is 5.75 Å². The molecule has 1 aromatic carbocycles. The monoisotopic (exact) mass is 309 g/mol. The van der Waals surface area contributed by atoms with Gasteiger partial charge in [-0.05, 0) is 17.5 Å². The van der Waals surface area contributed by atoms with Crippen molar-refractivity contribution in [2.75, 3.05) is 45.0 Å². The summed E-state index contributed by atoms with van der Waals surface area (Å²) in [7, 11) is -3.17. The van der Waals surface area contributed by atoms with Crippen LogP contribution in [0.2, 0.25) is 0 Å². The van der Waals surface area contributed by atoms with Gasteiger partial charge in [0.1, 0.15) is 0 Å². The zero-order valence-electron chi connectivity index (χ0n) is 12.2. The fourth-order valence-corrected chi connectivity index (χ4v) is 4.13. The van der Waals surface area contributed by atoms with Gasteiger partial charge in [0.05, 0.1) is 5.75 Å². The van der Waals surface area contributed by atoms with Crippen LogP contribution in [0.5, 0.6) is 0 Å². The van der Waals surface area contributed by atoms with E-state index < -0.39 is 10.0 Å². The molecule has 1 saturated heterocycles. The van der Waals surface area contributed by atoms with E-state index in [2.05, 4.69) is 27.1 Å². The van der Waals surface area contributed by atoms with Crippen LogP contribution >= 0.6 is 0 Å². The normalized spacial score (nSPS) is 22.6. The average Bonchev–Trinajstić information content (AvgIpc) is 2.47. The average molecular weight is 309 g/mol. The first-order chi connectivity index (χ1) is 10.1. The Bertz CT molecular complexity index is 582. The van der Waals surface area contributed by atoms with Crippen LogP contribution in [0.4, 0.5) is 0 Å². The Morgan fingerprint density at radius 1 is 1.24 bits per heavy atom. The molecule has 0 saturated carbocycles. The second-order valence-electron chi connectivity index (χ2n) is 5.86. The minimum absolute atomic E-state index is 0.196. The van der Waals surface area contributed by atoms with Crippen LogP contribution < -0.4 is 10.0 Å². The third-order valence-electron chi connectivity index (χ3n) is 4.40. The summed E-state index contributed by atoms with van der Waals surface area (Å²) in [5, 5.41) is 3.27. The smallest absolute Gasteiger partial charge is 0.212 e. The van der Waals surface area contributed by atoms with Crippen LogP contribution in [0.3, 0.4) is 0 Å². The quantitative estimate of drug-likeness (QED) is 0.785. The highest BCUT2D eigenvalue weighted by atomic mass is 32.2. The molecule has 0 aromatic heterocycles. The molecule has 1 fully saturated rings. The molecule has 0 spiro atoms. The summed E-state index contributed by atoms with van der Waals surface area (Å²) in [6.07, 6.45) is 0.983. The molecule has 1 unspecified atom stereocenters. The van der Waals surface area contributed by atoms with Gasteiger partial charge in [-0.1, -0.05) is 24.3 Å². The van der Waals surface area contributed by atoms with Gasteiger partial charge in [0.2, 0.25) is 10.0 Å². The maximum Gasteiger partial charge on any atom is 0.212 e. The van der Waals surface area contributed by atoms with E-state index in [9.17, 15) is 8.42 Å². The van der Waals surface area contributed by atoms with E-state index in [0.29, 0.717) is 19.0 Å². The first-order valence-electron chi connectivity index (χ1n) is 7.62. The van der Waals surface area contributed by atoms with E-state index in [1.54, 1.807) is 0 Å². The number of nitrogens with zero attached hydrogens (tertiary/aromatic N) is 1. The zero-order valence-corrected chi connectivity index (χ0v) is 13.0. The van der Waals surface area contributed by atoms with Crippen LogP contribution in [-0.4, -0.2) is 58.3 Å². The minimum Gasteiger partial charge on any atom is -0.314 e. The molecule has 3 rings (SSSR count). The maximum atomic E-state index is 12.1. The lowest BCUT2D eigenvalue weighted by Gasteiger charge is -2.30. The van der Waals surface area contributed by atoms with Crippen LogP contribution in [0.1, 0.15) is 17.0 Å².